The highest BCUT2D eigenvalue weighted by Gasteiger charge is 2.34. The zero-order valence-electron chi connectivity index (χ0n) is 9.06. The van der Waals surface area contributed by atoms with Crippen LogP contribution in [0.25, 0.3) is 0 Å². The van der Waals surface area contributed by atoms with Crippen molar-refractivity contribution in [2.75, 3.05) is 26.3 Å². The predicted molar refractivity (Wildman–Crippen MR) is 51.7 cm³/mol. The highest BCUT2D eigenvalue weighted by Crippen LogP contribution is 2.22. The van der Waals surface area contributed by atoms with E-state index in [1.165, 1.54) is 0 Å². The zero-order chi connectivity index (χ0) is 10.1. The number of hydrogen-bond donors (Lipinski definition) is 0. The molecule has 0 aliphatic carbocycles. The first-order chi connectivity index (χ1) is 5.81. The molecule has 0 radical (unpaired) electrons. The molecule has 1 heterocycles. The summed E-state index contributed by atoms with van der Waals surface area (Å²) in [4.78, 5) is 2.14. The van der Waals surface area contributed by atoms with Crippen molar-refractivity contribution in [1.82, 2.24) is 4.90 Å². The topological polar surface area (TPSA) is 12.5 Å². The van der Waals surface area contributed by atoms with E-state index in [0.717, 1.165) is 6.54 Å². The van der Waals surface area contributed by atoms with Crippen molar-refractivity contribution in [3.05, 3.63) is 0 Å². The van der Waals surface area contributed by atoms with Crippen LogP contribution in [0, 0.1) is 0 Å². The van der Waals surface area contributed by atoms with Crippen LogP contribution in [0.1, 0.15) is 27.7 Å². The molecule has 3 heteroatoms. The quantitative estimate of drug-likeness (QED) is 0.576. The molecule has 0 aromatic heterocycles. The van der Waals surface area contributed by atoms with Crippen molar-refractivity contribution in [3.63, 3.8) is 0 Å². The molecule has 13 heavy (non-hydrogen) atoms. The van der Waals surface area contributed by atoms with Gasteiger partial charge in [0.05, 0.1) is 13.2 Å². The van der Waals surface area contributed by atoms with Crippen LogP contribution in [0.2, 0.25) is 0 Å². The maximum Gasteiger partial charge on any atom is 0.144 e. The number of alkyl halides is 1. The standard InChI is InChI=1S/C10H20FNO/c1-9(2,3)12-5-6-13-8-10(4,11)7-12/h5-8H2,1-4H3. The average molecular weight is 189 g/mol. The molecule has 78 valence electrons. The Balaban J connectivity index is 2.65. The summed E-state index contributed by atoms with van der Waals surface area (Å²) < 4.78 is 19.0. The van der Waals surface area contributed by atoms with E-state index in [9.17, 15) is 4.39 Å². The van der Waals surface area contributed by atoms with Crippen molar-refractivity contribution in [3.8, 4) is 0 Å². The van der Waals surface area contributed by atoms with Gasteiger partial charge in [0.15, 0.2) is 0 Å². The summed E-state index contributed by atoms with van der Waals surface area (Å²) in [6, 6.07) is 0. The van der Waals surface area contributed by atoms with E-state index in [4.69, 9.17) is 4.74 Å². The molecular formula is C10H20FNO. The fraction of sp³-hybridized carbons (Fsp3) is 1.00. The summed E-state index contributed by atoms with van der Waals surface area (Å²) in [7, 11) is 0. The van der Waals surface area contributed by atoms with Crippen molar-refractivity contribution < 1.29 is 9.13 Å². The maximum atomic E-state index is 13.7. The van der Waals surface area contributed by atoms with Crippen molar-refractivity contribution in [1.29, 1.82) is 0 Å². The highest BCUT2D eigenvalue weighted by atomic mass is 19.1. The Morgan fingerprint density at radius 2 is 2.00 bits per heavy atom. The molecule has 1 saturated heterocycles. The van der Waals surface area contributed by atoms with E-state index >= 15 is 0 Å². The van der Waals surface area contributed by atoms with Crippen molar-refractivity contribution >= 4 is 0 Å². The molecular weight excluding hydrogens is 169 g/mol. The summed E-state index contributed by atoms with van der Waals surface area (Å²) in [5.74, 6) is 0. The molecule has 1 aliphatic rings. The molecule has 2 nitrogen and oxygen atoms in total. The number of hydrogen-bond acceptors (Lipinski definition) is 2. The smallest absolute Gasteiger partial charge is 0.144 e. The van der Waals surface area contributed by atoms with E-state index in [1.54, 1.807) is 6.92 Å². The second kappa shape index (κ2) is 3.54. The minimum absolute atomic E-state index is 0.0288. The van der Waals surface area contributed by atoms with Crippen LogP contribution in [-0.4, -0.2) is 42.4 Å². The van der Waals surface area contributed by atoms with Gasteiger partial charge in [-0.05, 0) is 27.7 Å². The molecule has 0 N–H and O–H groups in total. The average Bonchev–Trinajstić information content (AvgIpc) is 2.08. The van der Waals surface area contributed by atoms with Crippen LogP contribution in [-0.2, 0) is 4.74 Å². The number of nitrogens with zero attached hydrogens (tertiary/aromatic N) is 1. The van der Waals surface area contributed by atoms with Crippen molar-refractivity contribution in [2.45, 2.75) is 38.9 Å². The summed E-state index contributed by atoms with van der Waals surface area (Å²) >= 11 is 0. The molecule has 1 rings (SSSR count). The maximum absolute atomic E-state index is 13.7. The largest absolute Gasteiger partial charge is 0.377 e. The second-order valence-electron chi connectivity index (χ2n) is 5.06. The Kier molecular flexibility index (Phi) is 2.98. The molecule has 1 atom stereocenters. The third-order valence-corrected chi connectivity index (χ3v) is 2.38. The Morgan fingerprint density at radius 3 is 2.54 bits per heavy atom. The Hall–Kier alpha value is -0.150. The lowest BCUT2D eigenvalue weighted by molar-refractivity contribution is 0.0379. The van der Waals surface area contributed by atoms with Gasteiger partial charge in [0.2, 0.25) is 0 Å². The van der Waals surface area contributed by atoms with Gasteiger partial charge in [-0.1, -0.05) is 0 Å². The summed E-state index contributed by atoms with van der Waals surface area (Å²) in [5.41, 5.74) is -1.18. The third-order valence-electron chi connectivity index (χ3n) is 2.38. The van der Waals surface area contributed by atoms with Gasteiger partial charge in [-0.15, -0.1) is 0 Å². The summed E-state index contributed by atoms with van der Waals surface area (Å²) in [6.45, 7) is 10.1. The normalized spacial score (nSPS) is 33.0. The van der Waals surface area contributed by atoms with Gasteiger partial charge < -0.3 is 4.74 Å². The van der Waals surface area contributed by atoms with Gasteiger partial charge in [-0.25, -0.2) is 4.39 Å². The molecule has 0 amide bonds. The molecule has 0 aromatic carbocycles. The van der Waals surface area contributed by atoms with E-state index in [0.29, 0.717) is 13.2 Å². The third kappa shape index (κ3) is 3.24. The fourth-order valence-corrected chi connectivity index (χ4v) is 1.55. The first-order valence-electron chi connectivity index (χ1n) is 4.83. The molecule has 1 fully saturated rings. The van der Waals surface area contributed by atoms with Gasteiger partial charge in [0, 0.05) is 18.6 Å². The van der Waals surface area contributed by atoms with Crippen LogP contribution < -0.4 is 0 Å². The molecule has 0 spiro atoms. The van der Waals surface area contributed by atoms with Gasteiger partial charge in [0.1, 0.15) is 5.67 Å². The first-order valence-corrected chi connectivity index (χ1v) is 4.83. The monoisotopic (exact) mass is 189 g/mol. The Labute approximate surface area is 80.1 Å². The van der Waals surface area contributed by atoms with Gasteiger partial charge in [0.25, 0.3) is 0 Å². The van der Waals surface area contributed by atoms with E-state index in [2.05, 4.69) is 25.7 Å². The second-order valence-corrected chi connectivity index (χ2v) is 5.06. The lowest BCUT2D eigenvalue weighted by atomic mass is 10.0. The van der Waals surface area contributed by atoms with Gasteiger partial charge in [-0.3, -0.25) is 4.90 Å². The van der Waals surface area contributed by atoms with Crippen LogP contribution in [0.5, 0.6) is 0 Å². The van der Waals surface area contributed by atoms with Crippen LogP contribution >= 0.6 is 0 Å². The lowest BCUT2D eigenvalue weighted by Gasteiger charge is -2.36. The lowest BCUT2D eigenvalue weighted by Crippen LogP contribution is -2.48. The molecule has 0 bridgehead atoms. The van der Waals surface area contributed by atoms with Crippen LogP contribution in [0.3, 0.4) is 0 Å². The minimum atomic E-state index is -1.20. The van der Waals surface area contributed by atoms with Crippen molar-refractivity contribution in [2.24, 2.45) is 0 Å². The van der Waals surface area contributed by atoms with Crippen LogP contribution in [0.4, 0.5) is 4.39 Å². The summed E-state index contributed by atoms with van der Waals surface area (Å²) in [6.07, 6.45) is 0. The number of rotatable bonds is 0. The Morgan fingerprint density at radius 1 is 1.38 bits per heavy atom. The SMILES string of the molecule is CC1(F)COCCN(C(C)(C)C)C1. The Bertz CT molecular complexity index is 174. The van der Waals surface area contributed by atoms with Gasteiger partial charge in [-0.2, -0.15) is 0 Å². The predicted octanol–water partition coefficient (Wildman–Crippen LogP) is 1.85. The van der Waals surface area contributed by atoms with Crippen LogP contribution in [0.15, 0.2) is 0 Å². The first kappa shape index (κ1) is 10.9. The highest BCUT2D eigenvalue weighted by molar-refractivity contribution is 4.86. The van der Waals surface area contributed by atoms with E-state index in [-0.39, 0.29) is 12.1 Å². The van der Waals surface area contributed by atoms with E-state index < -0.39 is 5.67 Å². The number of halogens is 1. The molecule has 1 aliphatic heterocycles. The molecule has 0 aromatic rings. The van der Waals surface area contributed by atoms with Gasteiger partial charge >= 0.3 is 0 Å². The fourth-order valence-electron chi connectivity index (χ4n) is 1.55. The number of ether oxygens (including phenoxy) is 1. The summed E-state index contributed by atoms with van der Waals surface area (Å²) in [5, 5.41) is 0. The molecule has 1 unspecified atom stereocenters. The molecule has 0 saturated carbocycles. The zero-order valence-corrected chi connectivity index (χ0v) is 9.06. The minimum Gasteiger partial charge on any atom is -0.377 e. The van der Waals surface area contributed by atoms with E-state index in [1.807, 2.05) is 0 Å².